The molecule has 4 nitrogen and oxygen atoms in total. The molecule has 4 aliphatic carbocycles. The number of hydrogen-bond acceptors (Lipinski definition) is 4. The van der Waals surface area contributed by atoms with Crippen LogP contribution in [0.3, 0.4) is 0 Å². The summed E-state index contributed by atoms with van der Waals surface area (Å²) in [6, 6.07) is 9.77. The fraction of sp³-hybridized carbons (Fsp3) is 0.545. The fourth-order valence-electron chi connectivity index (χ4n) is 5.90. The third-order valence-electron chi connectivity index (χ3n) is 6.69. The highest BCUT2D eigenvalue weighted by Crippen LogP contribution is 2.56. The van der Waals surface area contributed by atoms with Gasteiger partial charge in [0.15, 0.2) is 0 Å². The van der Waals surface area contributed by atoms with E-state index in [-0.39, 0.29) is 11.9 Å². The monoisotopic (exact) mass is 351 g/mol. The molecule has 136 valence electrons. The number of hydrogen-bond donors (Lipinski definition) is 0. The van der Waals surface area contributed by atoms with Crippen molar-refractivity contribution in [2.75, 3.05) is 13.2 Å². The van der Waals surface area contributed by atoms with Crippen molar-refractivity contribution in [3.05, 3.63) is 36.5 Å². The van der Waals surface area contributed by atoms with Gasteiger partial charge in [-0.05, 0) is 74.0 Å². The quantitative estimate of drug-likeness (QED) is 0.597. The maximum Gasteiger partial charge on any atom is 0.309 e. The van der Waals surface area contributed by atoms with Gasteiger partial charge in [0.1, 0.15) is 19.0 Å². The van der Waals surface area contributed by atoms with Crippen molar-refractivity contribution in [3.63, 3.8) is 0 Å². The number of fused-ring (bicyclic) bond motifs is 1. The van der Waals surface area contributed by atoms with Crippen LogP contribution in [0.5, 0.6) is 5.75 Å². The largest absolute Gasteiger partial charge is 0.489 e. The van der Waals surface area contributed by atoms with E-state index in [1.165, 1.54) is 32.1 Å². The van der Waals surface area contributed by atoms with Crippen molar-refractivity contribution in [2.24, 2.45) is 29.6 Å². The Morgan fingerprint density at radius 2 is 1.69 bits per heavy atom. The standard InChI is InChI=1S/C22H25NO3/c24-22(21-16-10-14-9-15(12-16)13-17(21)11-14)26-8-7-25-20-5-6-23-19-4-2-1-3-18(19)20/h1-6,14-17,21H,7-13H2. The number of carbonyl (C=O) groups excluding carboxylic acids is 1. The molecule has 1 heterocycles. The van der Waals surface area contributed by atoms with Crippen molar-refractivity contribution in [2.45, 2.75) is 32.1 Å². The highest BCUT2D eigenvalue weighted by molar-refractivity contribution is 5.84. The summed E-state index contributed by atoms with van der Waals surface area (Å²) >= 11 is 0. The molecule has 1 aromatic carbocycles. The summed E-state index contributed by atoms with van der Waals surface area (Å²) in [4.78, 5) is 17.0. The Bertz CT molecular complexity index is 785. The number of rotatable bonds is 5. The van der Waals surface area contributed by atoms with Gasteiger partial charge in [0.25, 0.3) is 0 Å². The molecule has 0 saturated heterocycles. The van der Waals surface area contributed by atoms with Gasteiger partial charge in [-0.1, -0.05) is 12.1 Å². The van der Waals surface area contributed by atoms with Crippen LogP contribution in [0, 0.1) is 29.6 Å². The molecule has 4 aliphatic rings. The van der Waals surface area contributed by atoms with Crippen molar-refractivity contribution in [3.8, 4) is 5.75 Å². The number of aromatic nitrogens is 1. The van der Waals surface area contributed by atoms with Crippen molar-refractivity contribution >= 4 is 16.9 Å². The first-order chi connectivity index (χ1) is 12.8. The van der Waals surface area contributed by atoms with Crippen LogP contribution in [0.15, 0.2) is 36.5 Å². The minimum Gasteiger partial charge on any atom is -0.489 e. The van der Waals surface area contributed by atoms with Crippen molar-refractivity contribution < 1.29 is 14.3 Å². The number of carbonyl (C=O) groups is 1. The lowest BCUT2D eigenvalue weighted by Crippen LogP contribution is -2.48. The molecule has 6 rings (SSSR count). The average molecular weight is 351 g/mol. The number of pyridine rings is 1. The number of benzene rings is 1. The van der Waals surface area contributed by atoms with Gasteiger partial charge in [-0.3, -0.25) is 9.78 Å². The van der Waals surface area contributed by atoms with Gasteiger partial charge >= 0.3 is 5.97 Å². The Balaban J connectivity index is 1.16. The maximum atomic E-state index is 12.7. The number of ether oxygens (including phenoxy) is 2. The second-order valence-corrected chi connectivity index (χ2v) is 8.30. The van der Waals surface area contributed by atoms with E-state index < -0.39 is 0 Å². The molecule has 4 saturated carbocycles. The molecule has 1 aromatic heterocycles. The third kappa shape index (κ3) is 2.85. The molecule has 26 heavy (non-hydrogen) atoms. The molecule has 2 aromatic rings. The predicted octanol–water partition coefficient (Wildman–Crippen LogP) is 4.23. The van der Waals surface area contributed by atoms with Crippen LogP contribution < -0.4 is 4.74 Å². The van der Waals surface area contributed by atoms with Crippen molar-refractivity contribution in [1.82, 2.24) is 4.98 Å². The van der Waals surface area contributed by atoms with Gasteiger partial charge in [-0.15, -0.1) is 0 Å². The van der Waals surface area contributed by atoms with Crippen LogP contribution in [0.4, 0.5) is 0 Å². The molecule has 4 heteroatoms. The van der Waals surface area contributed by atoms with Gasteiger partial charge < -0.3 is 9.47 Å². The van der Waals surface area contributed by atoms with Crippen LogP contribution in [0.2, 0.25) is 0 Å². The number of esters is 1. The maximum absolute atomic E-state index is 12.7. The first-order valence-electron chi connectivity index (χ1n) is 9.91. The second-order valence-electron chi connectivity index (χ2n) is 8.30. The van der Waals surface area contributed by atoms with E-state index in [2.05, 4.69) is 4.98 Å². The topological polar surface area (TPSA) is 48.4 Å². The molecule has 0 spiro atoms. The van der Waals surface area contributed by atoms with E-state index in [0.717, 1.165) is 28.5 Å². The van der Waals surface area contributed by atoms with Gasteiger partial charge in [0, 0.05) is 11.6 Å². The van der Waals surface area contributed by atoms with E-state index >= 15 is 0 Å². The Kier molecular flexibility index (Phi) is 4.07. The lowest BCUT2D eigenvalue weighted by atomic mass is 9.52. The molecule has 4 fully saturated rings. The summed E-state index contributed by atoms with van der Waals surface area (Å²) in [5, 5.41) is 0.988. The minimum atomic E-state index is 0.0157. The van der Waals surface area contributed by atoms with Crippen LogP contribution in [0.1, 0.15) is 32.1 Å². The van der Waals surface area contributed by atoms with E-state index in [0.29, 0.717) is 25.0 Å². The Labute approximate surface area is 153 Å². The van der Waals surface area contributed by atoms with Gasteiger partial charge in [-0.2, -0.15) is 0 Å². The van der Waals surface area contributed by atoms with Crippen LogP contribution in [0.25, 0.3) is 10.9 Å². The van der Waals surface area contributed by atoms with E-state index in [1.54, 1.807) is 6.20 Å². The summed E-state index contributed by atoms with van der Waals surface area (Å²) in [5.41, 5.74) is 0.913. The second kappa shape index (κ2) is 6.57. The third-order valence-corrected chi connectivity index (χ3v) is 6.69. The van der Waals surface area contributed by atoms with Crippen LogP contribution >= 0.6 is 0 Å². The lowest BCUT2D eigenvalue weighted by molar-refractivity contribution is -0.163. The van der Waals surface area contributed by atoms with E-state index in [4.69, 9.17) is 9.47 Å². The summed E-state index contributed by atoms with van der Waals surface area (Å²) in [6.07, 6.45) is 8.12. The zero-order valence-electron chi connectivity index (χ0n) is 15.0. The Hall–Kier alpha value is -2.10. The zero-order valence-corrected chi connectivity index (χ0v) is 15.0. The molecule has 0 aliphatic heterocycles. The van der Waals surface area contributed by atoms with E-state index in [9.17, 15) is 4.79 Å². The summed E-state index contributed by atoms with van der Waals surface area (Å²) in [7, 11) is 0. The van der Waals surface area contributed by atoms with Gasteiger partial charge in [0.2, 0.25) is 0 Å². The predicted molar refractivity (Wildman–Crippen MR) is 98.7 cm³/mol. The van der Waals surface area contributed by atoms with Gasteiger partial charge in [0.05, 0.1) is 11.4 Å². The van der Waals surface area contributed by atoms with E-state index in [1.807, 2.05) is 30.3 Å². The van der Waals surface area contributed by atoms with Crippen LogP contribution in [-0.2, 0) is 9.53 Å². The first kappa shape index (κ1) is 16.1. The summed E-state index contributed by atoms with van der Waals surface area (Å²) in [6.45, 7) is 0.700. The highest BCUT2D eigenvalue weighted by atomic mass is 16.6. The summed E-state index contributed by atoms with van der Waals surface area (Å²) < 4.78 is 11.5. The molecule has 0 amide bonds. The van der Waals surface area contributed by atoms with Gasteiger partial charge in [-0.25, -0.2) is 0 Å². The van der Waals surface area contributed by atoms with Crippen LogP contribution in [-0.4, -0.2) is 24.2 Å². The molecule has 4 bridgehead atoms. The fourth-order valence-corrected chi connectivity index (χ4v) is 5.90. The SMILES string of the molecule is O=C(OCCOc1ccnc2ccccc12)C1C2CC3CC(C2)CC1C3. The molecule has 0 radical (unpaired) electrons. The lowest BCUT2D eigenvalue weighted by Gasteiger charge is -2.53. The van der Waals surface area contributed by atoms with Crippen molar-refractivity contribution in [1.29, 1.82) is 0 Å². The number of para-hydroxylation sites is 1. The molecule has 0 N–H and O–H groups in total. The number of nitrogens with zero attached hydrogens (tertiary/aromatic N) is 1. The molecular weight excluding hydrogens is 326 g/mol. The highest BCUT2D eigenvalue weighted by Gasteiger charge is 2.51. The zero-order chi connectivity index (χ0) is 17.5. The molecule has 0 atom stereocenters. The normalized spacial score (nSPS) is 31.9. The minimum absolute atomic E-state index is 0.0157. The Morgan fingerprint density at radius 1 is 0.962 bits per heavy atom. The Morgan fingerprint density at radius 3 is 2.46 bits per heavy atom. The first-order valence-corrected chi connectivity index (χ1v) is 9.91. The summed E-state index contributed by atoms with van der Waals surface area (Å²) in [5.74, 6) is 3.86. The molecular formula is C22H25NO3. The average Bonchev–Trinajstić information content (AvgIpc) is 2.64. The smallest absolute Gasteiger partial charge is 0.309 e. The molecule has 0 unspecified atom stereocenters.